The van der Waals surface area contributed by atoms with Crippen molar-refractivity contribution in [2.45, 2.75) is 26.4 Å². The first kappa shape index (κ1) is 18.7. The predicted octanol–water partition coefficient (Wildman–Crippen LogP) is 4.29. The first-order valence-corrected chi connectivity index (χ1v) is 10.0. The molecule has 136 valence electrons. The normalized spacial score (nSPS) is 11.5. The minimum absolute atomic E-state index is 0.611. The average Bonchev–Trinajstić information content (AvgIpc) is 3.30. The summed E-state index contributed by atoms with van der Waals surface area (Å²) in [4.78, 5) is 10.3. The van der Waals surface area contributed by atoms with E-state index >= 15 is 0 Å². The standard InChI is InChI=1S/C19H21BrN4OS/c1-14-11-22-18(26-14)13-24-19(21-9-8-17-3-2-10-25-17)23-12-15-4-6-16(20)7-5-15/h2-7,10-11H,8-9,12-13H2,1H3,(H2,21,23,24). The maximum Gasteiger partial charge on any atom is 0.191 e. The van der Waals surface area contributed by atoms with Gasteiger partial charge in [0, 0.05) is 28.5 Å². The molecule has 0 unspecified atom stereocenters. The zero-order valence-electron chi connectivity index (χ0n) is 14.5. The Labute approximate surface area is 165 Å². The molecule has 1 aromatic carbocycles. The fourth-order valence-corrected chi connectivity index (χ4v) is 3.33. The zero-order chi connectivity index (χ0) is 18.2. The van der Waals surface area contributed by atoms with Crippen molar-refractivity contribution in [2.75, 3.05) is 6.54 Å². The summed E-state index contributed by atoms with van der Waals surface area (Å²) in [6, 6.07) is 12.1. The molecule has 0 fully saturated rings. The Bertz CT molecular complexity index is 828. The maximum atomic E-state index is 5.37. The minimum atomic E-state index is 0.611. The lowest BCUT2D eigenvalue weighted by Crippen LogP contribution is -2.38. The molecule has 3 rings (SSSR count). The van der Waals surface area contributed by atoms with Crippen LogP contribution >= 0.6 is 27.3 Å². The quantitative estimate of drug-likeness (QED) is 0.431. The number of aryl methyl sites for hydroxylation is 1. The third kappa shape index (κ3) is 6.00. The van der Waals surface area contributed by atoms with Gasteiger partial charge in [0.25, 0.3) is 0 Å². The number of furan rings is 1. The van der Waals surface area contributed by atoms with Crippen LogP contribution in [0.5, 0.6) is 0 Å². The number of halogens is 1. The van der Waals surface area contributed by atoms with Gasteiger partial charge in [0.2, 0.25) is 0 Å². The number of rotatable bonds is 7. The molecule has 0 spiro atoms. The molecule has 0 bridgehead atoms. The van der Waals surface area contributed by atoms with Crippen LogP contribution < -0.4 is 10.6 Å². The Morgan fingerprint density at radius 1 is 1.23 bits per heavy atom. The monoisotopic (exact) mass is 432 g/mol. The summed E-state index contributed by atoms with van der Waals surface area (Å²) in [7, 11) is 0. The molecule has 5 nitrogen and oxygen atoms in total. The lowest BCUT2D eigenvalue weighted by molar-refractivity contribution is 0.506. The van der Waals surface area contributed by atoms with Gasteiger partial charge in [-0.3, -0.25) is 0 Å². The van der Waals surface area contributed by atoms with Crippen LogP contribution in [0.15, 0.2) is 62.7 Å². The molecule has 2 heterocycles. The highest BCUT2D eigenvalue weighted by molar-refractivity contribution is 9.10. The van der Waals surface area contributed by atoms with E-state index in [-0.39, 0.29) is 0 Å². The summed E-state index contributed by atoms with van der Waals surface area (Å²) in [5, 5.41) is 7.77. The van der Waals surface area contributed by atoms with Gasteiger partial charge in [-0.15, -0.1) is 11.3 Å². The molecule has 0 atom stereocenters. The van der Waals surface area contributed by atoms with E-state index in [1.165, 1.54) is 4.88 Å². The van der Waals surface area contributed by atoms with Gasteiger partial charge in [0.15, 0.2) is 5.96 Å². The largest absolute Gasteiger partial charge is 0.469 e. The SMILES string of the molecule is Cc1cnc(CNC(=NCc2ccc(Br)cc2)NCCc2ccco2)s1. The summed E-state index contributed by atoms with van der Waals surface area (Å²) in [5.74, 6) is 1.73. The second-order valence-electron chi connectivity index (χ2n) is 5.77. The van der Waals surface area contributed by atoms with Crippen LogP contribution in [0, 0.1) is 6.92 Å². The molecule has 0 amide bonds. The van der Waals surface area contributed by atoms with E-state index in [4.69, 9.17) is 4.42 Å². The van der Waals surface area contributed by atoms with Crippen molar-refractivity contribution in [3.05, 3.63) is 74.5 Å². The Hall–Kier alpha value is -2.12. The van der Waals surface area contributed by atoms with E-state index in [1.807, 2.05) is 30.5 Å². The van der Waals surface area contributed by atoms with Crippen LogP contribution in [0.1, 0.15) is 21.2 Å². The van der Waals surface area contributed by atoms with Crippen molar-refractivity contribution in [1.29, 1.82) is 0 Å². The number of hydrogen-bond donors (Lipinski definition) is 2. The summed E-state index contributed by atoms with van der Waals surface area (Å²) < 4.78 is 6.44. The lowest BCUT2D eigenvalue weighted by Gasteiger charge is -2.11. The highest BCUT2D eigenvalue weighted by atomic mass is 79.9. The van der Waals surface area contributed by atoms with Gasteiger partial charge in [-0.25, -0.2) is 9.98 Å². The number of aromatic nitrogens is 1. The van der Waals surface area contributed by atoms with Crippen LogP contribution in [-0.2, 0) is 19.5 Å². The van der Waals surface area contributed by atoms with Crippen molar-refractivity contribution in [1.82, 2.24) is 15.6 Å². The van der Waals surface area contributed by atoms with E-state index in [0.29, 0.717) is 13.1 Å². The molecule has 2 aromatic heterocycles. The first-order chi connectivity index (χ1) is 12.7. The molecule has 7 heteroatoms. The molecule has 26 heavy (non-hydrogen) atoms. The van der Waals surface area contributed by atoms with Crippen LogP contribution in [0.25, 0.3) is 0 Å². The Morgan fingerprint density at radius 2 is 2.08 bits per heavy atom. The topological polar surface area (TPSA) is 62.5 Å². The number of guanidine groups is 1. The lowest BCUT2D eigenvalue weighted by atomic mass is 10.2. The van der Waals surface area contributed by atoms with Crippen molar-refractivity contribution < 1.29 is 4.42 Å². The van der Waals surface area contributed by atoms with Crippen LogP contribution in [0.4, 0.5) is 0 Å². The van der Waals surface area contributed by atoms with Crippen molar-refractivity contribution in [2.24, 2.45) is 4.99 Å². The molecule has 0 saturated heterocycles. The van der Waals surface area contributed by atoms with E-state index in [1.54, 1.807) is 17.6 Å². The number of benzene rings is 1. The van der Waals surface area contributed by atoms with Crippen LogP contribution in [0.2, 0.25) is 0 Å². The summed E-state index contributed by atoms with van der Waals surface area (Å²) in [5.41, 5.74) is 1.16. The molecule has 0 saturated carbocycles. The van der Waals surface area contributed by atoms with Gasteiger partial charge in [-0.2, -0.15) is 0 Å². The second kappa shape index (κ2) is 9.54. The Kier molecular flexibility index (Phi) is 6.85. The number of hydrogen-bond acceptors (Lipinski definition) is 4. The number of nitrogens with zero attached hydrogens (tertiary/aromatic N) is 2. The second-order valence-corrected chi connectivity index (χ2v) is 8.00. The molecule has 0 aliphatic heterocycles. The predicted molar refractivity (Wildman–Crippen MR) is 109 cm³/mol. The maximum absolute atomic E-state index is 5.37. The van der Waals surface area contributed by atoms with Crippen molar-refractivity contribution in [3.8, 4) is 0 Å². The van der Waals surface area contributed by atoms with Gasteiger partial charge in [0.1, 0.15) is 10.8 Å². The van der Waals surface area contributed by atoms with Crippen LogP contribution in [-0.4, -0.2) is 17.5 Å². The number of thiazole rings is 1. The minimum Gasteiger partial charge on any atom is -0.469 e. The number of aliphatic imine (C=N–C) groups is 1. The van der Waals surface area contributed by atoms with E-state index in [0.717, 1.165) is 39.7 Å². The molecular formula is C19H21BrN4OS. The first-order valence-electron chi connectivity index (χ1n) is 8.39. The highest BCUT2D eigenvalue weighted by Gasteiger charge is 2.03. The van der Waals surface area contributed by atoms with E-state index in [2.05, 4.69) is 55.6 Å². The van der Waals surface area contributed by atoms with Gasteiger partial charge in [-0.1, -0.05) is 28.1 Å². The van der Waals surface area contributed by atoms with Gasteiger partial charge < -0.3 is 15.1 Å². The van der Waals surface area contributed by atoms with Crippen LogP contribution in [0.3, 0.4) is 0 Å². The van der Waals surface area contributed by atoms with Gasteiger partial charge >= 0.3 is 0 Å². The molecule has 0 aliphatic rings. The molecule has 0 aliphatic carbocycles. The van der Waals surface area contributed by atoms with E-state index < -0.39 is 0 Å². The molecule has 0 radical (unpaired) electrons. The number of nitrogens with one attached hydrogen (secondary N) is 2. The fourth-order valence-electron chi connectivity index (χ4n) is 2.34. The Morgan fingerprint density at radius 3 is 2.77 bits per heavy atom. The average molecular weight is 433 g/mol. The molecular weight excluding hydrogens is 412 g/mol. The van der Waals surface area contributed by atoms with Gasteiger partial charge in [-0.05, 0) is 36.8 Å². The van der Waals surface area contributed by atoms with Crippen molar-refractivity contribution in [3.63, 3.8) is 0 Å². The smallest absolute Gasteiger partial charge is 0.191 e. The van der Waals surface area contributed by atoms with E-state index in [9.17, 15) is 0 Å². The summed E-state index contributed by atoms with van der Waals surface area (Å²) in [6.07, 6.45) is 4.40. The van der Waals surface area contributed by atoms with Crippen molar-refractivity contribution >= 4 is 33.2 Å². The fraction of sp³-hybridized carbons (Fsp3) is 0.263. The summed E-state index contributed by atoms with van der Waals surface area (Å²) >= 11 is 5.15. The summed E-state index contributed by atoms with van der Waals surface area (Å²) in [6.45, 7) is 4.08. The van der Waals surface area contributed by atoms with Gasteiger partial charge in [0.05, 0.1) is 19.4 Å². The molecule has 3 aromatic rings. The third-order valence-electron chi connectivity index (χ3n) is 3.65. The molecule has 2 N–H and O–H groups in total. The third-order valence-corrected chi connectivity index (χ3v) is 5.09. The Balaban J connectivity index is 1.59. The zero-order valence-corrected chi connectivity index (χ0v) is 16.9. The highest BCUT2D eigenvalue weighted by Crippen LogP contribution is 2.12.